The van der Waals surface area contributed by atoms with Gasteiger partial charge in [-0.1, -0.05) is 6.07 Å². The Kier molecular flexibility index (Phi) is 7.86. The van der Waals surface area contributed by atoms with Gasteiger partial charge in [0.1, 0.15) is 12.2 Å². The van der Waals surface area contributed by atoms with Crippen molar-refractivity contribution < 1.29 is 40.8 Å². The molecule has 1 aliphatic carbocycles. The van der Waals surface area contributed by atoms with Crippen molar-refractivity contribution in [3.8, 4) is 0 Å². The topological polar surface area (TPSA) is 84.7 Å². The Hall–Kier alpha value is -3.35. The molecule has 0 atom stereocenters. The Labute approximate surface area is 213 Å². The fraction of sp³-hybridized carbons (Fsp3) is 0.480. The maximum Gasteiger partial charge on any atom is 0.423 e. The van der Waals surface area contributed by atoms with Crippen LogP contribution in [0.2, 0.25) is 0 Å². The fourth-order valence-corrected chi connectivity index (χ4v) is 4.84. The number of nitrogens with zero attached hydrogens (tertiary/aromatic N) is 2. The molecule has 1 fully saturated rings. The van der Waals surface area contributed by atoms with E-state index in [9.17, 15) is 41.3 Å². The average Bonchev–Trinajstić information content (AvgIpc) is 2.86. The number of carbonyl (C=O) groups is 1. The number of rotatable bonds is 6. The lowest BCUT2D eigenvalue weighted by atomic mass is 9.92. The molecule has 2 aromatic carbocycles. The summed E-state index contributed by atoms with van der Waals surface area (Å²) in [6.45, 7) is 0.333. The zero-order chi connectivity index (χ0) is 27.7. The molecule has 0 saturated heterocycles. The summed E-state index contributed by atoms with van der Waals surface area (Å²) in [7, 11) is 0. The Morgan fingerprint density at radius 3 is 2.34 bits per heavy atom. The Morgan fingerprint density at radius 2 is 1.71 bits per heavy atom. The molecule has 2 aromatic rings. The molecule has 1 amide bonds. The van der Waals surface area contributed by atoms with Gasteiger partial charge < -0.3 is 15.0 Å². The third-order valence-corrected chi connectivity index (χ3v) is 6.88. The molecule has 1 N–H and O–H groups in total. The normalized spacial score (nSPS) is 20.1. The van der Waals surface area contributed by atoms with Crippen molar-refractivity contribution in [1.82, 2.24) is 4.90 Å². The summed E-state index contributed by atoms with van der Waals surface area (Å²) in [5.41, 5.74) is -1.65. The number of benzene rings is 2. The van der Waals surface area contributed by atoms with Crippen molar-refractivity contribution in [3.63, 3.8) is 0 Å². The predicted molar refractivity (Wildman–Crippen MR) is 124 cm³/mol. The van der Waals surface area contributed by atoms with Crippen LogP contribution in [0.1, 0.15) is 47.9 Å². The number of anilines is 1. The number of nitro groups is 1. The van der Waals surface area contributed by atoms with Crippen LogP contribution >= 0.6 is 0 Å². The average molecular weight is 545 g/mol. The number of ether oxygens (including phenoxy) is 1. The predicted octanol–water partition coefficient (Wildman–Crippen LogP) is 5.96. The summed E-state index contributed by atoms with van der Waals surface area (Å²) < 4.78 is 84.2. The van der Waals surface area contributed by atoms with Crippen LogP contribution in [0.15, 0.2) is 36.4 Å². The molecule has 2 aliphatic rings. The number of amides is 1. The van der Waals surface area contributed by atoms with Crippen LogP contribution in [0.4, 0.5) is 37.7 Å². The molecule has 0 unspecified atom stereocenters. The van der Waals surface area contributed by atoms with Crippen molar-refractivity contribution in [2.75, 3.05) is 18.5 Å². The highest BCUT2D eigenvalue weighted by molar-refractivity contribution is 5.77. The standard InChI is InChI=1S/C25H25F6N3O4/c26-24(27,28)17-2-1-16-13-33(10-9-15(16)11-17)23(35)14-38-20-6-3-18(4-7-20)32-19-5-8-22(34(36)37)21(12-19)25(29,30)31/h1-2,5,8,11-12,18,20,32H,3-4,6-7,9-10,13-14H2/t18-,20-. The van der Waals surface area contributed by atoms with Gasteiger partial charge in [0.25, 0.3) is 5.69 Å². The smallest absolute Gasteiger partial charge is 0.382 e. The lowest BCUT2D eigenvalue weighted by Gasteiger charge is -2.32. The van der Waals surface area contributed by atoms with Crippen LogP contribution in [0.3, 0.4) is 0 Å². The molecule has 0 bridgehead atoms. The van der Waals surface area contributed by atoms with E-state index in [1.807, 2.05) is 0 Å². The number of halogens is 6. The third kappa shape index (κ3) is 6.55. The molecular weight excluding hydrogens is 520 g/mol. The number of hydrogen-bond donors (Lipinski definition) is 1. The SMILES string of the molecule is O=C(CO[C@H]1CC[C@H](Nc2ccc([N+](=O)[O-])c(C(F)(F)F)c2)CC1)N1CCc2cc(C(F)(F)F)ccc2C1. The van der Waals surface area contributed by atoms with Crippen molar-refractivity contribution in [2.45, 2.75) is 63.1 Å². The first-order chi connectivity index (χ1) is 17.8. The molecule has 1 saturated carbocycles. The Morgan fingerprint density at radius 1 is 1.00 bits per heavy atom. The number of hydrogen-bond acceptors (Lipinski definition) is 5. The minimum absolute atomic E-state index is 0.134. The van der Waals surface area contributed by atoms with E-state index in [0.29, 0.717) is 49.8 Å². The monoisotopic (exact) mass is 545 g/mol. The van der Waals surface area contributed by atoms with Gasteiger partial charge >= 0.3 is 12.4 Å². The molecule has 4 rings (SSSR count). The van der Waals surface area contributed by atoms with Crippen LogP contribution in [0.25, 0.3) is 0 Å². The quantitative estimate of drug-likeness (QED) is 0.275. The second-order valence-electron chi connectivity index (χ2n) is 9.46. The first kappa shape index (κ1) is 27.7. The van der Waals surface area contributed by atoms with Crippen molar-refractivity contribution in [3.05, 3.63) is 68.8 Å². The lowest BCUT2D eigenvalue weighted by Crippen LogP contribution is -2.39. The fourth-order valence-electron chi connectivity index (χ4n) is 4.84. The minimum Gasteiger partial charge on any atom is -0.382 e. The van der Waals surface area contributed by atoms with E-state index in [-0.39, 0.29) is 36.9 Å². The van der Waals surface area contributed by atoms with E-state index < -0.39 is 34.1 Å². The molecule has 13 heteroatoms. The first-order valence-electron chi connectivity index (χ1n) is 12.0. The van der Waals surface area contributed by atoms with Crippen LogP contribution < -0.4 is 5.32 Å². The Balaban J connectivity index is 1.25. The largest absolute Gasteiger partial charge is 0.423 e. The van der Waals surface area contributed by atoms with Gasteiger partial charge in [-0.15, -0.1) is 0 Å². The maximum atomic E-state index is 13.2. The zero-order valence-electron chi connectivity index (χ0n) is 20.1. The molecule has 206 valence electrons. The van der Waals surface area contributed by atoms with Gasteiger partial charge in [-0.05, 0) is 67.5 Å². The first-order valence-corrected chi connectivity index (χ1v) is 12.0. The summed E-state index contributed by atoms with van der Waals surface area (Å²) in [6.07, 6.45) is -6.92. The highest BCUT2D eigenvalue weighted by atomic mass is 19.4. The summed E-state index contributed by atoms with van der Waals surface area (Å²) in [5, 5.41) is 13.9. The van der Waals surface area contributed by atoms with Gasteiger partial charge in [0.2, 0.25) is 5.91 Å². The number of fused-ring (bicyclic) bond motifs is 1. The van der Waals surface area contributed by atoms with Gasteiger partial charge in [-0.2, -0.15) is 26.3 Å². The minimum atomic E-state index is -4.86. The number of alkyl halides is 6. The highest BCUT2D eigenvalue weighted by Crippen LogP contribution is 2.38. The van der Waals surface area contributed by atoms with Gasteiger partial charge in [-0.3, -0.25) is 14.9 Å². The molecule has 1 aliphatic heterocycles. The van der Waals surface area contributed by atoms with Gasteiger partial charge in [0.15, 0.2) is 0 Å². The summed E-state index contributed by atoms with van der Waals surface area (Å²) in [6, 6.07) is 6.19. The summed E-state index contributed by atoms with van der Waals surface area (Å²) >= 11 is 0. The van der Waals surface area contributed by atoms with E-state index in [0.717, 1.165) is 24.3 Å². The van der Waals surface area contributed by atoms with E-state index in [2.05, 4.69) is 5.32 Å². The van der Waals surface area contributed by atoms with E-state index >= 15 is 0 Å². The van der Waals surface area contributed by atoms with Crippen LogP contribution in [-0.4, -0.2) is 41.0 Å². The molecule has 38 heavy (non-hydrogen) atoms. The Bertz CT molecular complexity index is 1190. The van der Waals surface area contributed by atoms with E-state index in [1.165, 1.54) is 12.1 Å². The van der Waals surface area contributed by atoms with Crippen LogP contribution in [0, 0.1) is 10.1 Å². The molecule has 1 heterocycles. The lowest BCUT2D eigenvalue weighted by molar-refractivity contribution is -0.388. The number of nitrogens with one attached hydrogen (secondary N) is 1. The van der Waals surface area contributed by atoms with Crippen molar-refractivity contribution in [2.24, 2.45) is 0 Å². The second-order valence-corrected chi connectivity index (χ2v) is 9.46. The zero-order valence-corrected chi connectivity index (χ0v) is 20.1. The van der Waals surface area contributed by atoms with Crippen molar-refractivity contribution >= 4 is 17.3 Å². The van der Waals surface area contributed by atoms with Crippen molar-refractivity contribution in [1.29, 1.82) is 0 Å². The van der Waals surface area contributed by atoms with Gasteiger partial charge in [0.05, 0.1) is 16.6 Å². The summed E-state index contributed by atoms with van der Waals surface area (Å²) in [5.74, 6) is -0.263. The van der Waals surface area contributed by atoms with Gasteiger partial charge in [0, 0.05) is 30.9 Å². The van der Waals surface area contributed by atoms with E-state index in [1.54, 1.807) is 4.90 Å². The number of nitro benzene ring substituents is 1. The maximum absolute atomic E-state index is 13.2. The highest BCUT2D eigenvalue weighted by Gasteiger charge is 2.38. The van der Waals surface area contributed by atoms with Gasteiger partial charge in [-0.25, -0.2) is 0 Å². The third-order valence-electron chi connectivity index (χ3n) is 6.88. The molecule has 0 aromatic heterocycles. The molecular formula is C25H25F6N3O4. The second kappa shape index (κ2) is 10.8. The van der Waals surface area contributed by atoms with E-state index in [4.69, 9.17) is 4.74 Å². The van der Waals surface area contributed by atoms with Crippen LogP contribution in [0.5, 0.6) is 0 Å². The molecule has 0 spiro atoms. The van der Waals surface area contributed by atoms with Crippen LogP contribution in [-0.2, 0) is 34.8 Å². The number of carbonyl (C=O) groups excluding carboxylic acids is 1. The summed E-state index contributed by atoms with van der Waals surface area (Å²) in [4.78, 5) is 24.0. The molecule has 0 radical (unpaired) electrons. The molecule has 7 nitrogen and oxygen atoms in total.